The highest BCUT2D eigenvalue weighted by Crippen LogP contribution is 2.68. The molecule has 0 spiro atoms. The number of hydrogen-bond acceptors (Lipinski definition) is 8. The van der Waals surface area contributed by atoms with E-state index in [1.54, 1.807) is 6.07 Å². The molecule has 1 unspecified atom stereocenters. The molecule has 5 heterocycles. The van der Waals surface area contributed by atoms with Crippen molar-refractivity contribution in [2.45, 2.75) is 95.2 Å². The van der Waals surface area contributed by atoms with Gasteiger partial charge in [-0.1, -0.05) is 6.07 Å². The van der Waals surface area contributed by atoms with Crippen LogP contribution in [0.4, 0.5) is 19.0 Å². The lowest BCUT2D eigenvalue weighted by Crippen LogP contribution is -2.76. The zero-order chi connectivity index (χ0) is 33.3. The molecule has 3 aromatic heterocycles. The van der Waals surface area contributed by atoms with Gasteiger partial charge < -0.3 is 20.5 Å². The van der Waals surface area contributed by atoms with Gasteiger partial charge in [0, 0.05) is 53.5 Å². The number of amides is 1. The molecule has 0 radical (unpaired) electrons. The number of piperidine rings is 1. The number of rotatable bonds is 9. The van der Waals surface area contributed by atoms with E-state index in [2.05, 4.69) is 60.5 Å². The van der Waals surface area contributed by atoms with Gasteiger partial charge in [-0.25, -0.2) is 9.97 Å². The summed E-state index contributed by atoms with van der Waals surface area (Å²) in [4.78, 5) is 24.5. The van der Waals surface area contributed by atoms with Crippen molar-refractivity contribution in [2.24, 2.45) is 5.41 Å². The first-order valence-electron chi connectivity index (χ1n) is 16.9. The standard InChI is InChI=1S/C35H39F3N8OS/c1-21-22(15-45-9-6-23(7-10-45)43-30-27-12-25(13-35(36,37)38)48-32(27)42-20-41-30)4-5-29-26(21)11-24(14-39)46(29)19-33-16-34(17-33,18-33)44-31(47)28-3-2-8-40-28/h4-5,11-12,20,23,28,40H,2-3,6-10,13,15-19H2,1H3,(H,44,47)(H,41,42,43). The second kappa shape index (κ2) is 11.7. The zero-order valence-corrected chi connectivity index (χ0v) is 27.7. The summed E-state index contributed by atoms with van der Waals surface area (Å²) >= 11 is 1.07. The van der Waals surface area contributed by atoms with Gasteiger partial charge in [-0.2, -0.15) is 18.4 Å². The molecule has 13 heteroatoms. The summed E-state index contributed by atoms with van der Waals surface area (Å²) < 4.78 is 41.1. The maximum absolute atomic E-state index is 13.0. The number of nitrogens with one attached hydrogen (secondary N) is 3. The Morgan fingerprint density at radius 2 is 1.94 bits per heavy atom. The average Bonchev–Trinajstić information content (AvgIpc) is 3.76. The number of aromatic nitrogens is 3. The van der Waals surface area contributed by atoms with Gasteiger partial charge >= 0.3 is 6.18 Å². The van der Waals surface area contributed by atoms with Gasteiger partial charge in [0.05, 0.1) is 17.8 Å². The normalized spacial score (nSPS) is 25.9. The van der Waals surface area contributed by atoms with E-state index < -0.39 is 12.6 Å². The molecule has 3 N–H and O–H groups in total. The zero-order valence-electron chi connectivity index (χ0n) is 26.9. The summed E-state index contributed by atoms with van der Waals surface area (Å²) in [6.45, 7) is 6.44. The van der Waals surface area contributed by atoms with Crippen LogP contribution >= 0.6 is 11.3 Å². The maximum Gasteiger partial charge on any atom is 0.393 e. The van der Waals surface area contributed by atoms with Crippen LogP contribution in [0.1, 0.15) is 66.6 Å². The van der Waals surface area contributed by atoms with E-state index in [4.69, 9.17) is 0 Å². The summed E-state index contributed by atoms with van der Waals surface area (Å²) in [5, 5.41) is 21.9. The summed E-state index contributed by atoms with van der Waals surface area (Å²) in [6.07, 6.45) is 2.86. The third-order valence-corrected chi connectivity index (χ3v) is 12.1. The number of hydrogen-bond donors (Lipinski definition) is 3. The van der Waals surface area contributed by atoms with Crippen LogP contribution in [-0.4, -0.2) is 68.8 Å². The number of halogens is 3. The predicted molar refractivity (Wildman–Crippen MR) is 179 cm³/mol. The fraction of sp³-hybridized carbons (Fsp3) is 0.543. The minimum absolute atomic E-state index is 0.0541. The average molecular weight is 677 g/mol. The number of nitriles is 1. The number of thiophene rings is 1. The molecule has 1 aromatic carbocycles. The largest absolute Gasteiger partial charge is 0.393 e. The third-order valence-electron chi connectivity index (χ3n) is 11.1. The molecule has 252 valence electrons. The third kappa shape index (κ3) is 5.81. The number of carbonyl (C=O) groups is 1. The molecule has 2 saturated heterocycles. The second-order valence-corrected chi connectivity index (χ2v) is 15.7. The van der Waals surface area contributed by atoms with Crippen LogP contribution in [-0.2, 0) is 24.3 Å². The van der Waals surface area contributed by atoms with Gasteiger partial charge in [0.1, 0.15) is 28.7 Å². The molecule has 3 saturated carbocycles. The Hall–Kier alpha value is -3.73. The van der Waals surface area contributed by atoms with Gasteiger partial charge in [0.2, 0.25) is 5.91 Å². The van der Waals surface area contributed by atoms with Crippen LogP contribution in [0, 0.1) is 23.7 Å². The Morgan fingerprint density at radius 3 is 2.65 bits per heavy atom. The SMILES string of the molecule is Cc1c(CN2CCC(Nc3ncnc4sc(CC(F)(F)F)cc34)CC2)ccc2c1cc(C#N)n2CC12CC(NC(=O)C3CCCN3)(C1)C2. The fourth-order valence-electron chi connectivity index (χ4n) is 8.82. The van der Waals surface area contributed by atoms with E-state index in [1.807, 2.05) is 6.07 Å². The number of anilines is 1. The first-order valence-corrected chi connectivity index (χ1v) is 17.7. The molecule has 2 aliphatic heterocycles. The maximum atomic E-state index is 13.0. The number of aryl methyl sites for hydroxylation is 1. The van der Waals surface area contributed by atoms with Crippen LogP contribution in [0.5, 0.6) is 0 Å². The minimum atomic E-state index is -4.26. The molecule has 4 aromatic rings. The van der Waals surface area contributed by atoms with Crippen LogP contribution in [0.3, 0.4) is 0 Å². The van der Waals surface area contributed by atoms with Crippen molar-refractivity contribution in [2.75, 3.05) is 25.0 Å². The monoisotopic (exact) mass is 676 g/mol. The minimum Gasteiger partial charge on any atom is -0.367 e. The first kappa shape index (κ1) is 31.5. The van der Waals surface area contributed by atoms with Crippen molar-refractivity contribution in [3.05, 3.63) is 52.3 Å². The number of nitrogens with zero attached hydrogens (tertiary/aromatic N) is 5. The van der Waals surface area contributed by atoms with Crippen molar-refractivity contribution in [3.63, 3.8) is 0 Å². The summed E-state index contributed by atoms with van der Waals surface area (Å²) in [5.74, 6) is 0.739. The van der Waals surface area contributed by atoms with E-state index >= 15 is 0 Å². The van der Waals surface area contributed by atoms with Crippen LogP contribution in [0.15, 0.2) is 30.6 Å². The summed E-state index contributed by atoms with van der Waals surface area (Å²) in [7, 11) is 0. The number of fused-ring (bicyclic) bond motifs is 2. The Balaban J connectivity index is 0.891. The Morgan fingerprint density at radius 1 is 1.15 bits per heavy atom. The van der Waals surface area contributed by atoms with Crippen molar-refractivity contribution in [3.8, 4) is 6.07 Å². The highest BCUT2D eigenvalue weighted by Gasteiger charge is 2.68. The number of carbonyl (C=O) groups excluding carboxylic acids is 1. The van der Waals surface area contributed by atoms with E-state index in [9.17, 15) is 23.2 Å². The van der Waals surface area contributed by atoms with Crippen molar-refractivity contribution < 1.29 is 18.0 Å². The van der Waals surface area contributed by atoms with Gasteiger partial charge in [0.25, 0.3) is 0 Å². The molecule has 5 fully saturated rings. The van der Waals surface area contributed by atoms with Crippen LogP contribution < -0.4 is 16.0 Å². The molecular formula is C35H39F3N8OS. The van der Waals surface area contributed by atoms with Gasteiger partial charge in [0.15, 0.2) is 0 Å². The molecule has 9 nitrogen and oxygen atoms in total. The lowest BCUT2D eigenvalue weighted by atomic mass is 9.39. The van der Waals surface area contributed by atoms with Crippen LogP contribution in [0.2, 0.25) is 0 Å². The topological polar surface area (TPSA) is 111 Å². The lowest BCUT2D eigenvalue weighted by Gasteiger charge is -2.71. The number of likely N-dealkylation sites (tertiary alicyclic amines) is 1. The molecule has 1 amide bonds. The Bertz CT molecular complexity index is 1910. The van der Waals surface area contributed by atoms with Gasteiger partial charge in [-0.05, 0) is 93.2 Å². The fourth-order valence-corrected chi connectivity index (χ4v) is 9.85. The van der Waals surface area contributed by atoms with Crippen molar-refractivity contribution in [1.29, 1.82) is 5.26 Å². The molecule has 5 aliphatic rings. The number of alkyl halides is 3. The van der Waals surface area contributed by atoms with E-state index in [1.165, 1.54) is 17.5 Å². The Labute approximate surface area is 280 Å². The van der Waals surface area contributed by atoms with Gasteiger partial charge in [-0.3, -0.25) is 9.69 Å². The molecular weight excluding hydrogens is 638 g/mol. The number of benzene rings is 1. The smallest absolute Gasteiger partial charge is 0.367 e. The second-order valence-electron chi connectivity index (χ2n) is 14.6. The molecule has 9 rings (SSSR count). The van der Waals surface area contributed by atoms with Crippen molar-refractivity contribution in [1.82, 2.24) is 30.1 Å². The molecule has 2 bridgehead atoms. The van der Waals surface area contributed by atoms with E-state index in [0.717, 1.165) is 99.9 Å². The quantitative estimate of drug-likeness (QED) is 0.206. The highest BCUT2D eigenvalue weighted by atomic mass is 32.1. The van der Waals surface area contributed by atoms with E-state index in [0.29, 0.717) is 21.7 Å². The van der Waals surface area contributed by atoms with Gasteiger partial charge in [-0.15, -0.1) is 11.3 Å². The van der Waals surface area contributed by atoms with Crippen LogP contribution in [0.25, 0.3) is 21.1 Å². The highest BCUT2D eigenvalue weighted by molar-refractivity contribution is 7.18. The predicted octanol–water partition coefficient (Wildman–Crippen LogP) is 5.80. The summed E-state index contributed by atoms with van der Waals surface area (Å²) in [5.41, 5.74) is 4.31. The molecule has 48 heavy (non-hydrogen) atoms. The van der Waals surface area contributed by atoms with E-state index in [-0.39, 0.29) is 33.8 Å². The Kier molecular flexibility index (Phi) is 7.69. The molecule has 1 atom stereocenters. The lowest BCUT2D eigenvalue weighted by molar-refractivity contribution is -0.172. The first-order chi connectivity index (χ1) is 23.0. The summed E-state index contributed by atoms with van der Waals surface area (Å²) in [6, 6.07) is 10.5. The molecule has 3 aliphatic carbocycles. The van der Waals surface area contributed by atoms with Crippen molar-refractivity contribution >= 4 is 44.2 Å².